The molecule has 1 aliphatic rings. The summed E-state index contributed by atoms with van der Waals surface area (Å²) in [5.74, 6) is 0.0640. The lowest BCUT2D eigenvalue weighted by molar-refractivity contribution is 0.0879. The number of imide groups is 1. The minimum atomic E-state index is -0.439. The van der Waals surface area contributed by atoms with E-state index in [1.807, 2.05) is 0 Å². The maximum absolute atomic E-state index is 11.7. The number of hydrogen-bond donors (Lipinski definition) is 2. The average Bonchev–Trinajstić information content (AvgIpc) is 2.69. The van der Waals surface area contributed by atoms with Gasteiger partial charge in [-0.25, -0.2) is 0 Å². The molecule has 94 valence electrons. The van der Waals surface area contributed by atoms with Gasteiger partial charge in [0.05, 0.1) is 11.1 Å². The summed E-state index contributed by atoms with van der Waals surface area (Å²) >= 11 is 0. The standard InChI is InChI=1S/C14H10N2O3/c15-8-4-6-9(7-5-8)19-11-3-1-2-10-12(11)14(18)16-13(10)17/h1-7H,15H2,(H,16,17,18). The van der Waals surface area contributed by atoms with Gasteiger partial charge in [0, 0.05) is 5.69 Å². The van der Waals surface area contributed by atoms with Crippen LogP contribution in [0, 0.1) is 0 Å². The predicted octanol–water partition coefficient (Wildman–Crippen LogP) is 1.94. The van der Waals surface area contributed by atoms with E-state index in [2.05, 4.69) is 5.32 Å². The lowest BCUT2D eigenvalue weighted by Crippen LogP contribution is -2.20. The molecule has 0 fully saturated rings. The third kappa shape index (κ3) is 1.91. The fourth-order valence-corrected chi connectivity index (χ4v) is 1.94. The van der Waals surface area contributed by atoms with E-state index in [0.717, 1.165) is 0 Å². The summed E-state index contributed by atoms with van der Waals surface area (Å²) in [4.78, 5) is 23.2. The monoisotopic (exact) mass is 254 g/mol. The summed E-state index contributed by atoms with van der Waals surface area (Å²) in [6.07, 6.45) is 0. The molecule has 1 heterocycles. The number of carbonyl (C=O) groups is 2. The maximum Gasteiger partial charge on any atom is 0.262 e. The van der Waals surface area contributed by atoms with Crippen LogP contribution in [0.1, 0.15) is 20.7 Å². The van der Waals surface area contributed by atoms with E-state index in [9.17, 15) is 9.59 Å². The van der Waals surface area contributed by atoms with Crippen molar-refractivity contribution in [2.75, 3.05) is 5.73 Å². The molecule has 0 saturated heterocycles. The van der Waals surface area contributed by atoms with Crippen LogP contribution in [-0.2, 0) is 0 Å². The van der Waals surface area contributed by atoms with E-state index in [4.69, 9.17) is 10.5 Å². The molecule has 2 aromatic rings. The van der Waals surface area contributed by atoms with Crippen LogP contribution in [0.5, 0.6) is 11.5 Å². The van der Waals surface area contributed by atoms with Gasteiger partial charge in [0.2, 0.25) is 0 Å². The van der Waals surface area contributed by atoms with Gasteiger partial charge in [-0.3, -0.25) is 14.9 Å². The fourth-order valence-electron chi connectivity index (χ4n) is 1.94. The molecule has 3 rings (SSSR count). The number of nitrogens with one attached hydrogen (secondary N) is 1. The number of rotatable bonds is 2. The summed E-state index contributed by atoms with van der Waals surface area (Å²) in [6.45, 7) is 0. The zero-order valence-corrected chi connectivity index (χ0v) is 9.84. The van der Waals surface area contributed by atoms with E-state index >= 15 is 0 Å². The number of nitrogen functional groups attached to an aromatic ring is 1. The van der Waals surface area contributed by atoms with Crippen molar-refractivity contribution < 1.29 is 14.3 Å². The van der Waals surface area contributed by atoms with Crippen LogP contribution in [0.15, 0.2) is 42.5 Å². The molecule has 0 atom stereocenters. The van der Waals surface area contributed by atoms with Crippen molar-refractivity contribution in [3.8, 4) is 11.5 Å². The van der Waals surface area contributed by atoms with Crippen molar-refractivity contribution >= 4 is 17.5 Å². The molecule has 0 bridgehead atoms. The van der Waals surface area contributed by atoms with Crippen molar-refractivity contribution in [1.29, 1.82) is 0 Å². The highest BCUT2D eigenvalue weighted by atomic mass is 16.5. The largest absolute Gasteiger partial charge is 0.457 e. The van der Waals surface area contributed by atoms with Crippen molar-refractivity contribution in [2.24, 2.45) is 0 Å². The number of anilines is 1. The molecule has 19 heavy (non-hydrogen) atoms. The number of hydrogen-bond acceptors (Lipinski definition) is 4. The summed E-state index contributed by atoms with van der Waals surface area (Å²) in [5.41, 5.74) is 6.81. The molecule has 0 saturated carbocycles. The molecule has 5 heteroatoms. The molecule has 3 N–H and O–H groups in total. The second-order valence-corrected chi connectivity index (χ2v) is 4.13. The van der Waals surface area contributed by atoms with Gasteiger partial charge in [-0.05, 0) is 36.4 Å². The quantitative estimate of drug-likeness (QED) is 0.634. The molecule has 0 aliphatic carbocycles. The molecule has 0 unspecified atom stereocenters. The molecule has 0 aromatic heterocycles. The Morgan fingerprint density at radius 1 is 0.947 bits per heavy atom. The lowest BCUT2D eigenvalue weighted by atomic mass is 10.1. The van der Waals surface area contributed by atoms with Crippen molar-refractivity contribution in [3.05, 3.63) is 53.6 Å². The van der Waals surface area contributed by atoms with E-state index in [-0.39, 0.29) is 5.56 Å². The van der Waals surface area contributed by atoms with Crippen LogP contribution in [0.25, 0.3) is 0 Å². The molecular weight excluding hydrogens is 244 g/mol. The Balaban J connectivity index is 2.01. The summed E-state index contributed by atoms with van der Waals surface area (Å²) in [5, 5.41) is 2.24. The number of nitrogens with two attached hydrogens (primary N) is 1. The number of benzene rings is 2. The van der Waals surface area contributed by atoms with E-state index in [1.165, 1.54) is 0 Å². The van der Waals surface area contributed by atoms with Gasteiger partial charge < -0.3 is 10.5 Å². The number of ether oxygens (including phenoxy) is 1. The lowest BCUT2D eigenvalue weighted by Gasteiger charge is -2.08. The smallest absolute Gasteiger partial charge is 0.262 e. The highest BCUT2D eigenvalue weighted by Gasteiger charge is 2.30. The number of carbonyl (C=O) groups excluding carboxylic acids is 2. The summed E-state index contributed by atoms with van der Waals surface area (Å²) in [6, 6.07) is 11.7. The first kappa shape index (κ1) is 11.3. The first-order valence-electron chi connectivity index (χ1n) is 5.67. The SMILES string of the molecule is Nc1ccc(Oc2cccc3c2C(=O)NC3=O)cc1. The molecule has 2 amide bonds. The number of amides is 2. The minimum Gasteiger partial charge on any atom is -0.457 e. The third-order valence-electron chi connectivity index (χ3n) is 2.83. The molecule has 1 aliphatic heterocycles. The van der Waals surface area contributed by atoms with Crippen LogP contribution in [0.4, 0.5) is 5.69 Å². The van der Waals surface area contributed by atoms with E-state index in [1.54, 1.807) is 42.5 Å². The zero-order chi connectivity index (χ0) is 13.4. The van der Waals surface area contributed by atoms with Crippen LogP contribution in [0.2, 0.25) is 0 Å². The van der Waals surface area contributed by atoms with Crippen LogP contribution < -0.4 is 15.8 Å². The van der Waals surface area contributed by atoms with Gasteiger partial charge in [-0.2, -0.15) is 0 Å². The second-order valence-electron chi connectivity index (χ2n) is 4.13. The Kier molecular flexibility index (Phi) is 2.45. The van der Waals surface area contributed by atoms with E-state index in [0.29, 0.717) is 22.7 Å². The first-order valence-corrected chi connectivity index (χ1v) is 5.67. The van der Waals surface area contributed by atoms with Gasteiger partial charge in [0.25, 0.3) is 11.8 Å². The number of fused-ring (bicyclic) bond motifs is 1. The Hall–Kier alpha value is -2.82. The molecule has 0 spiro atoms. The summed E-state index contributed by atoms with van der Waals surface area (Å²) < 4.78 is 5.63. The highest BCUT2D eigenvalue weighted by Crippen LogP contribution is 2.30. The van der Waals surface area contributed by atoms with Crippen LogP contribution >= 0.6 is 0 Å². The van der Waals surface area contributed by atoms with Gasteiger partial charge >= 0.3 is 0 Å². The topological polar surface area (TPSA) is 81.4 Å². The Bertz CT molecular complexity index is 678. The third-order valence-corrected chi connectivity index (χ3v) is 2.83. The first-order chi connectivity index (χ1) is 9.15. The van der Waals surface area contributed by atoms with Crippen molar-refractivity contribution in [3.63, 3.8) is 0 Å². The van der Waals surface area contributed by atoms with Crippen molar-refractivity contribution in [2.45, 2.75) is 0 Å². The predicted molar refractivity (Wildman–Crippen MR) is 69.2 cm³/mol. The van der Waals surface area contributed by atoms with Crippen LogP contribution in [-0.4, -0.2) is 11.8 Å². The molecular formula is C14H10N2O3. The van der Waals surface area contributed by atoms with Gasteiger partial charge in [-0.15, -0.1) is 0 Å². The highest BCUT2D eigenvalue weighted by molar-refractivity contribution is 6.22. The summed E-state index contributed by atoms with van der Waals surface area (Å²) in [7, 11) is 0. The van der Waals surface area contributed by atoms with Crippen molar-refractivity contribution in [1.82, 2.24) is 5.32 Å². The van der Waals surface area contributed by atoms with Crippen LogP contribution in [0.3, 0.4) is 0 Å². The minimum absolute atomic E-state index is 0.268. The van der Waals surface area contributed by atoms with Gasteiger partial charge in [-0.1, -0.05) is 6.07 Å². The maximum atomic E-state index is 11.7. The molecule has 2 aromatic carbocycles. The Morgan fingerprint density at radius 3 is 2.42 bits per heavy atom. The molecule has 5 nitrogen and oxygen atoms in total. The van der Waals surface area contributed by atoms with Gasteiger partial charge in [0.1, 0.15) is 11.5 Å². The Morgan fingerprint density at radius 2 is 1.68 bits per heavy atom. The normalized spacial score (nSPS) is 13.1. The molecule has 0 radical (unpaired) electrons. The average molecular weight is 254 g/mol. The fraction of sp³-hybridized carbons (Fsp3) is 0. The van der Waals surface area contributed by atoms with E-state index < -0.39 is 11.8 Å². The van der Waals surface area contributed by atoms with Gasteiger partial charge in [0.15, 0.2) is 0 Å². The zero-order valence-electron chi connectivity index (χ0n) is 9.84. The Labute approximate surface area is 109 Å². The second kappa shape index (κ2) is 4.13.